The van der Waals surface area contributed by atoms with E-state index in [-0.39, 0.29) is 11.7 Å². The molecule has 3 rings (SSSR count). The number of carbonyl (C=O) groups excluding carboxylic acids is 1. The van der Waals surface area contributed by atoms with E-state index in [4.69, 9.17) is 16.0 Å². The maximum absolute atomic E-state index is 12.9. The molecule has 0 bridgehead atoms. The highest BCUT2D eigenvalue weighted by molar-refractivity contribution is 6.30. The molecule has 0 aliphatic rings. The first-order chi connectivity index (χ1) is 11.6. The molecule has 122 valence electrons. The van der Waals surface area contributed by atoms with Crippen LogP contribution < -0.4 is 5.32 Å². The number of carbonyl (C=O) groups is 1. The molecule has 0 radical (unpaired) electrons. The lowest BCUT2D eigenvalue weighted by Crippen LogP contribution is -2.25. The average Bonchev–Trinajstić information content (AvgIpc) is 3.05. The summed E-state index contributed by atoms with van der Waals surface area (Å²) < 4.78 is 18.4. The molecule has 0 aliphatic heterocycles. The first-order valence-electron chi connectivity index (χ1n) is 7.24. The van der Waals surface area contributed by atoms with Gasteiger partial charge in [-0.1, -0.05) is 11.6 Å². The molecule has 0 saturated carbocycles. The summed E-state index contributed by atoms with van der Waals surface area (Å²) in [5, 5.41) is 11.2. The third-order valence-electron chi connectivity index (χ3n) is 3.29. The molecule has 5 nitrogen and oxygen atoms in total. The number of rotatable bonds is 5. The Morgan fingerprint density at radius 2 is 1.79 bits per heavy atom. The summed E-state index contributed by atoms with van der Waals surface area (Å²) >= 11 is 5.78. The Bertz CT molecular complexity index is 832. The standard InChI is InChI=1S/C17H13ClFN3O2/c18-13-5-1-11(2-6-13)16(23)20-10-9-15-21-22-17(24-15)12-3-7-14(19)8-4-12/h1-8H,9-10H2,(H,20,23). The van der Waals surface area contributed by atoms with E-state index in [1.165, 1.54) is 12.1 Å². The summed E-state index contributed by atoms with van der Waals surface area (Å²) in [5.74, 6) is 0.174. The molecule has 0 saturated heterocycles. The van der Waals surface area contributed by atoms with Crippen molar-refractivity contribution in [2.45, 2.75) is 6.42 Å². The van der Waals surface area contributed by atoms with Crippen LogP contribution in [0.5, 0.6) is 0 Å². The maximum atomic E-state index is 12.9. The van der Waals surface area contributed by atoms with Gasteiger partial charge in [0.05, 0.1) is 0 Å². The van der Waals surface area contributed by atoms with Crippen LogP contribution in [-0.4, -0.2) is 22.6 Å². The van der Waals surface area contributed by atoms with Gasteiger partial charge in [-0.25, -0.2) is 4.39 Å². The number of nitrogens with one attached hydrogen (secondary N) is 1. The summed E-state index contributed by atoms with van der Waals surface area (Å²) in [4.78, 5) is 11.9. The highest BCUT2D eigenvalue weighted by atomic mass is 35.5. The lowest BCUT2D eigenvalue weighted by Gasteiger charge is -2.03. The largest absolute Gasteiger partial charge is 0.421 e. The van der Waals surface area contributed by atoms with Crippen LogP contribution in [-0.2, 0) is 6.42 Å². The van der Waals surface area contributed by atoms with Crippen molar-refractivity contribution in [1.82, 2.24) is 15.5 Å². The molecule has 24 heavy (non-hydrogen) atoms. The number of hydrogen-bond donors (Lipinski definition) is 1. The summed E-state index contributed by atoms with van der Waals surface area (Å²) in [6.07, 6.45) is 0.396. The minimum Gasteiger partial charge on any atom is -0.421 e. The number of aromatic nitrogens is 2. The van der Waals surface area contributed by atoms with E-state index in [0.717, 1.165) is 0 Å². The van der Waals surface area contributed by atoms with Crippen molar-refractivity contribution in [3.63, 3.8) is 0 Å². The zero-order chi connectivity index (χ0) is 16.9. The Kier molecular flexibility index (Phi) is 4.86. The minimum absolute atomic E-state index is 0.204. The molecule has 1 N–H and O–H groups in total. The van der Waals surface area contributed by atoms with Crippen LogP contribution in [0, 0.1) is 5.82 Å². The summed E-state index contributed by atoms with van der Waals surface area (Å²) in [6, 6.07) is 12.4. The van der Waals surface area contributed by atoms with Crippen molar-refractivity contribution < 1.29 is 13.6 Å². The first kappa shape index (κ1) is 16.1. The molecule has 0 fully saturated rings. The highest BCUT2D eigenvalue weighted by Crippen LogP contribution is 2.18. The lowest BCUT2D eigenvalue weighted by molar-refractivity contribution is 0.0953. The highest BCUT2D eigenvalue weighted by Gasteiger charge is 2.10. The smallest absolute Gasteiger partial charge is 0.251 e. The van der Waals surface area contributed by atoms with Crippen molar-refractivity contribution in [1.29, 1.82) is 0 Å². The van der Waals surface area contributed by atoms with Crippen LogP contribution in [0.2, 0.25) is 5.02 Å². The fourth-order valence-electron chi connectivity index (χ4n) is 2.05. The summed E-state index contributed by atoms with van der Waals surface area (Å²) in [7, 11) is 0. The molecule has 0 spiro atoms. The van der Waals surface area contributed by atoms with E-state index in [0.29, 0.717) is 40.9 Å². The molecular formula is C17H13ClFN3O2. The van der Waals surface area contributed by atoms with E-state index in [1.54, 1.807) is 36.4 Å². The van der Waals surface area contributed by atoms with Gasteiger partial charge in [0.15, 0.2) is 0 Å². The Balaban J connectivity index is 1.55. The van der Waals surface area contributed by atoms with E-state index in [2.05, 4.69) is 15.5 Å². The lowest BCUT2D eigenvalue weighted by atomic mass is 10.2. The third kappa shape index (κ3) is 3.97. The van der Waals surface area contributed by atoms with Gasteiger partial charge in [0.25, 0.3) is 5.91 Å². The molecule has 7 heteroatoms. The van der Waals surface area contributed by atoms with Crippen LogP contribution in [0.4, 0.5) is 4.39 Å². The first-order valence-corrected chi connectivity index (χ1v) is 7.62. The zero-order valence-electron chi connectivity index (χ0n) is 12.5. The Morgan fingerprint density at radius 3 is 2.50 bits per heavy atom. The molecule has 1 amide bonds. The van der Waals surface area contributed by atoms with Crippen molar-refractivity contribution in [3.05, 3.63) is 70.8 Å². The van der Waals surface area contributed by atoms with Gasteiger partial charge >= 0.3 is 0 Å². The number of benzene rings is 2. The SMILES string of the molecule is O=C(NCCc1nnc(-c2ccc(F)cc2)o1)c1ccc(Cl)cc1. The van der Waals surface area contributed by atoms with E-state index in [1.807, 2.05) is 0 Å². The maximum Gasteiger partial charge on any atom is 0.251 e. The molecule has 3 aromatic rings. The van der Waals surface area contributed by atoms with E-state index in [9.17, 15) is 9.18 Å². The molecule has 2 aromatic carbocycles. The second-order valence-electron chi connectivity index (χ2n) is 5.02. The van der Waals surface area contributed by atoms with Gasteiger partial charge in [0.2, 0.25) is 11.8 Å². The van der Waals surface area contributed by atoms with Crippen LogP contribution in [0.15, 0.2) is 52.9 Å². The van der Waals surface area contributed by atoms with Gasteiger partial charge in [0.1, 0.15) is 5.82 Å². The normalized spacial score (nSPS) is 10.6. The van der Waals surface area contributed by atoms with Crippen LogP contribution in [0.3, 0.4) is 0 Å². The van der Waals surface area contributed by atoms with Gasteiger partial charge < -0.3 is 9.73 Å². The quantitative estimate of drug-likeness (QED) is 0.768. The average molecular weight is 346 g/mol. The van der Waals surface area contributed by atoms with E-state index < -0.39 is 0 Å². The molecule has 0 unspecified atom stereocenters. The Hall–Kier alpha value is -2.73. The van der Waals surface area contributed by atoms with Gasteiger partial charge in [-0.2, -0.15) is 0 Å². The van der Waals surface area contributed by atoms with Crippen molar-refractivity contribution >= 4 is 17.5 Å². The molecule has 0 atom stereocenters. The van der Waals surface area contributed by atoms with Gasteiger partial charge in [-0.3, -0.25) is 4.79 Å². The second kappa shape index (κ2) is 7.23. The fourth-order valence-corrected chi connectivity index (χ4v) is 2.18. The van der Waals surface area contributed by atoms with Gasteiger partial charge in [-0.15, -0.1) is 10.2 Å². The van der Waals surface area contributed by atoms with Crippen LogP contribution in [0.25, 0.3) is 11.5 Å². The Morgan fingerprint density at radius 1 is 1.08 bits per heavy atom. The number of nitrogens with zero attached hydrogens (tertiary/aromatic N) is 2. The van der Waals surface area contributed by atoms with Crippen molar-refractivity contribution in [2.75, 3.05) is 6.54 Å². The summed E-state index contributed by atoms with van der Waals surface area (Å²) in [6.45, 7) is 0.354. The number of amides is 1. The topological polar surface area (TPSA) is 68.0 Å². The van der Waals surface area contributed by atoms with Crippen LogP contribution in [0.1, 0.15) is 16.2 Å². The van der Waals surface area contributed by atoms with Crippen molar-refractivity contribution in [3.8, 4) is 11.5 Å². The molecule has 1 aromatic heterocycles. The fraction of sp³-hybridized carbons (Fsp3) is 0.118. The zero-order valence-corrected chi connectivity index (χ0v) is 13.3. The predicted octanol–water partition coefficient (Wildman–Crippen LogP) is 3.50. The minimum atomic E-state index is -0.330. The molecule has 0 aliphatic carbocycles. The van der Waals surface area contributed by atoms with E-state index >= 15 is 0 Å². The van der Waals surface area contributed by atoms with Gasteiger partial charge in [0, 0.05) is 29.1 Å². The number of halogens is 2. The summed E-state index contributed by atoms with van der Waals surface area (Å²) in [5.41, 5.74) is 1.16. The predicted molar refractivity (Wildman–Crippen MR) is 87.2 cm³/mol. The Labute approximate surface area is 142 Å². The molecular weight excluding hydrogens is 333 g/mol. The van der Waals surface area contributed by atoms with Gasteiger partial charge in [-0.05, 0) is 48.5 Å². The van der Waals surface area contributed by atoms with Crippen molar-refractivity contribution in [2.24, 2.45) is 0 Å². The van der Waals surface area contributed by atoms with Crippen LogP contribution >= 0.6 is 11.6 Å². The number of hydrogen-bond acceptors (Lipinski definition) is 4. The molecule has 1 heterocycles. The monoisotopic (exact) mass is 345 g/mol. The third-order valence-corrected chi connectivity index (χ3v) is 3.54. The second-order valence-corrected chi connectivity index (χ2v) is 5.46.